The highest BCUT2D eigenvalue weighted by molar-refractivity contribution is 5.44. The van der Waals surface area contributed by atoms with Crippen molar-refractivity contribution in [1.82, 2.24) is 4.98 Å². The molecule has 0 spiro atoms. The van der Waals surface area contributed by atoms with Crippen LogP contribution in [0.4, 0.5) is 11.6 Å². The van der Waals surface area contributed by atoms with E-state index in [1.54, 1.807) is 0 Å². The number of aromatic nitrogens is 1. The minimum absolute atomic E-state index is 0.275. The molecule has 0 atom stereocenters. The van der Waals surface area contributed by atoms with Crippen LogP contribution in [0.3, 0.4) is 0 Å². The number of nitrogens with one attached hydrogen (secondary N) is 2. The number of hydrogen-bond donors (Lipinski definition) is 2. The Kier molecular flexibility index (Phi) is 3.33. The van der Waals surface area contributed by atoms with Gasteiger partial charge in [-0.05, 0) is 17.5 Å². The van der Waals surface area contributed by atoms with Gasteiger partial charge in [-0.15, -0.1) is 0 Å². The van der Waals surface area contributed by atoms with Crippen LogP contribution in [-0.4, -0.2) is 18.6 Å². The molecule has 3 heteroatoms. The fraction of sp³-hybridized carbons (Fsp3) is 0.545. The zero-order valence-corrected chi connectivity index (χ0v) is 9.39. The molecule has 2 N–H and O–H groups in total. The van der Waals surface area contributed by atoms with Crippen molar-refractivity contribution in [2.75, 3.05) is 24.2 Å². The number of rotatable bonds is 3. The van der Waals surface area contributed by atoms with E-state index in [2.05, 4.69) is 36.4 Å². The Morgan fingerprint density at radius 2 is 1.86 bits per heavy atom. The molecule has 0 saturated carbocycles. The summed E-state index contributed by atoms with van der Waals surface area (Å²) in [5.74, 6) is 1.82. The summed E-state index contributed by atoms with van der Waals surface area (Å²) in [5.41, 5.74) is 0.275. The lowest BCUT2D eigenvalue weighted by molar-refractivity contribution is 0.442. The number of nitrogens with zero attached hydrogens (tertiary/aromatic N) is 1. The molecule has 0 unspecified atom stereocenters. The minimum atomic E-state index is 0.275. The molecule has 0 aliphatic heterocycles. The van der Waals surface area contributed by atoms with Gasteiger partial charge < -0.3 is 10.6 Å². The lowest BCUT2D eigenvalue weighted by Gasteiger charge is -2.19. The minimum Gasteiger partial charge on any atom is -0.373 e. The Bertz CT molecular complexity index is 289. The third kappa shape index (κ3) is 3.64. The summed E-state index contributed by atoms with van der Waals surface area (Å²) < 4.78 is 0. The Labute approximate surface area is 85.9 Å². The molecule has 1 heterocycles. The largest absolute Gasteiger partial charge is 0.373 e. The molecule has 0 fully saturated rings. The summed E-state index contributed by atoms with van der Waals surface area (Å²) in [5, 5.41) is 6.32. The zero-order chi connectivity index (χ0) is 10.6. The summed E-state index contributed by atoms with van der Waals surface area (Å²) in [6.45, 7) is 7.51. The van der Waals surface area contributed by atoms with Gasteiger partial charge in [0.1, 0.15) is 11.6 Å². The monoisotopic (exact) mass is 193 g/mol. The predicted octanol–water partition coefficient (Wildman–Crippen LogP) is 2.58. The van der Waals surface area contributed by atoms with Crippen LogP contribution in [0.15, 0.2) is 18.2 Å². The average Bonchev–Trinajstić information content (AvgIpc) is 2.14. The maximum atomic E-state index is 4.37. The summed E-state index contributed by atoms with van der Waals surface area (Å²) in [4.78, 5) is 4.37. The fourth-order valence-corrected chi connectivity index (χ4v) is 1.03. The molecule has 0 bridgehead atoms. The summed E-state index contributed by atoms with van der Waals surface area (Å²) in [7, 11) is 1.87. The van der Waals surface area contributed by atoms with Crippen molar-refractivity contribution in [2.24, 2.45) is 5.41 Å². The van der Waals surface area contributed by atoms with E-state index < -0.39 is 0 Å². The van der Waals surface area contributed by atoms with Gasteiger partial charge in [0.25, 0.3) is 0 Å². The van der Waals surface area contributed by atoms with Gasteiger partial charge in [-0.2, -0.15) is 0 Å². The van der Waals surface area contributed by atoms with Crippen molar-refractivity contribution in [2.45, 2.75) is 20.8 Å². The second-order valence-corrected chi connectivity index (χ2v) is 4.57. The number of hydrogen-bond acceptors (Lipinski definition) is 3. The lowest BCUT2D eigenvalue weighted by Crippen LogP contribution is -2.19. The maximum absolute atomic E-state index is 4.37. The molecule has 1 aromatic heterocycles. The first-order valence-corrected chi connectivity index (χ1v) is 4.90. The Hall–Kier alpha value is -1.25. The lowest BCUT2D eigenvalue weighted by atomic mass is 9.97. The summed E-state index contributed by atoms with van der Waals surface area (Å²) in [6.07, 6.45) is 0. The first-order chi connectivity index (χ1) is 6.51. The second kappa shape index (κ2) is 4.31. The van der Waals surface area contributed by atoms with E-state index >= 15 is 0 Å². The standard InChI is InChI=1S/C11H19N3/c1-11(2,3)8-13-10-7-5-6-9(12-4)14-10/h5-7H,8H2,1-4H3,(H2,12,13,14). The molecule has 1 rings (SSSR count). The average molecular weight is 193 g/mol. The zero-order valence-electron chi connectivity index (χ0n) is 9.39. The van der Waals surface area contributed by atoms with Crippen molar-refractivity contribution in [1.29, 1.82) is 0 Å². The van der Waals surface area contributed by atoms with Gasteiger partial charge in [0.2, 0.25) is 0 Å². The normalized spacial score (nSPS) is 11.1. The van der Waals surface area contributed by atoms with Crippen LogP contribution in [0.2, 0.25) is 0 Å². The summed E-state index contributed by atoms with van der Waals surface area (Å²) >= 11 is 0. The Morgan fingerprint density at radius 1 is 1.21 bits per heavy atom. The molecule has 0 aliphatic carbocycles. The van der Waals surface area contributed by atoms with Crippen LogP contribution in [-0.2, 0) is 0 Å². The van der Waals surface area contributed by atoms with Crippen molar-refractivity contribution >= 4 is 11.6 Å². The summed E-state index contributed by atoms with van der Waals surface area (Å²) in [6, 6.07) is 5.92. The second-order valence-electron chi connectivity index (χ2n) is 4.57. The molecule has 14 heavy (non-hydrogen) atoms. The Balaban J connectivity index is 2.59. The van der Waals surface area contributed by atoms with Crippen LogP contribution in [0, 0.1) is 5.41 Å². The SMILES string of the molecule is CNc1cccc(NCC(C)(C)C)n1. The molecule has 1 aromatic rings. The first kappa shape index (κ1) is 10.8. The molecule has 0 aliphatic rings. The quantitative estimate of drug-likeness (QED) is 0.774. The van der Waals surface area contributed by atoms with Gasteiger partial charge in [-0.25, -0.2) is 4.98 Å². The van der Waals surface area contributed by atoms with Gasteiger partial charge in [0.15, 0.2) is 0 Å². The predicted molar refractivity (Wildman–Crippen MR) is 61.7 cm³/mol. The topological polar surface area (TPSA) is 37.0 Å². The van der Waals surface area contributed by atoms with Crippen molar-refractivity contribution in [3.8, 4) is 0 Å². The molecule has 0 radical (unpaired) electrons. The number of pyridine rings is 1. The van der Waals surface area contributed by atoms with Crippen LogP contribution in [0.1, 0.15) is 20.8 Å². The van der Waals surface area contributed by atoms with Crippen LogP contribution in [0.5, 0.6) is 0 Å². The van der Waals surface area contributed by atoms with Gasteiger partial charge in [-0.1, -0.05) is 26.8 Å². The van der Waals surface area contributed by atoms with Crippen molar-refractivity contribution in [3.63, 3.8) is 0 Å². The molecular formula is C11H19N3. The van der Waals surface area contributed by atoms with Crippen molar-refractivity contribution in [3.05, 3.63) is 18.2 Å². The molecule has 78 valence electrons. The smallest absolute Gasteiger partial charge is 0.128 e. The fourth-order valence-electron chi connectivity index (χ4n) is 1.03. The van der Waals surface area contributed by atoms with Crippen LogP contribution >= 0.6 is 0 Å². The van der Waals surface area contributed by atoms with E-state index in [1.807, 2.05) is 25.2 Å². The Morgan fingerprint density at radius 3 is 2.43 bits per heavy atom. The highest BCUT2D eigenvalue weighted by atomic mass is 15.0. The maximum Gasteiger partial charge on any atom is 0.128 e. The van der Waals surface area contributed by atoms with E-state index in [4.69, 9.17) is 0 Å². The van der Waals surface area contributed by atoms with Crippen LogP contribution in [0.25, 0.3) is 0 Å². The highest BCUT2D eigenvalue weighted by Crippen LogP contribution is 2.15. The molecule has 0 saturated heterocycles. The van der Waals surface area contributed by atoms with Gasteiger partial charge >= 0.3 is 0 Å². The first-order valence-electron chi connectivity index (χ1n) is 4.90. The highest BCUT2D eigenvalue weighted by Gasteiger charge is 2.09. The van der Waals surface area contributed by atoms with Gasteiger partial charge in [-0.3, -0.25) is 0 Å². The number of anilines is 2. The van der Waals surface area contributed by atoms with E-state index in [0.29, 0.717) is 0 Å². The molecular weight excluding hydrogens is 174 g/mol. The molecule has 3 nitrogen and oxygen atoms in total. The molecule has 0 aromatic carbocycles. The van der Waals surface area contributed by atoms with E-state index in [1.165, 1.54) is 0 Å². The molecule has 0 amide bonds. The third-order valence-corrected chi connectivity index (χ3v) is 1.81. The van der Waals surface area contributed by atoms with E-state index in [0.717, 1.165) is 18.2 Å². The van der Waals surface area contributed by atoms with E-state index in [9.17, 15) is 0 Å². The van der Waals surface area contributed by atoms with E-state index in [-0.39, 0.29) is 5.41 Å². The third-order valence-electron chi connectivity index (χ3n) is 1.81. The van der Waals surface area contributed by atoms with Gasteiger partial charge in [0, 0.05) is 13.6 Å². The van der Waals surface area contributed by atoms with Gasteiger partial charge in [0.05, 0.1) is 0 Å². The van der Waals surface area contributed by atoms with Crippen LogP contribution < -0.4 is 10.6 Å². The van der Waals surface area contributed by atoms with Crippen molar-refractivity contribution < 1.29 is 0 Å².